The number of halogens is 1. The number of thioether (sulfide) groups is 1. The highest BCUT2D eigenvalue weighted by Gasteiger charge is 2.17. The van der Waals surface area contributed by atoms with Crippen molar-refractivity contribution in [2.24, 2.45) is 0 Å². The molecule has 0 bridgehead atoms. The van der Waals surface area contributed by atoms with Gasteiger partial charge in [0.05, 0.1) is 11.6 Å². The molecule has 0 fully saturated rings. The van der Waals surface area contributed by atoms with Gasteiger partial charge in [-0.15, -0.1) is 11.8 Å². The number of nitrogens with zero attached hydrogens (tertiary/aromatic N) is 1. The summed E-state index contributed by atoms with van der Waals surface area (Å²) in [5.41, 5.74) is 6.10. The summed E-state index contributed by atoms with van der Waals surface area (Å²) in [6.07, 6.45) is 13.6. The second-order valence-corrected chi connectivity index (χ2v) is 6.75. The average Bonchev–Trinajstić information content (AvgIpc) is 2.79. The number of hydrogen-bond acceptors (Lipinski definition) is 2. The summed E-state index contributed by atoms with van der Waals surface area (Å²) in [7, 11) is 0. The maximum Gasteiger partial charge on any atom is 0.0789 e. The van der Waals surface area contributed by atoms with Crippen molar-refractivity contribution in [3.8, 4) is 0 Å². The Morgan fingerprint density at radius 1 is 1.29 bits per heavy atom. The predicted molar refractivity (Wildman–Crippen MR) is 108 cm³/mol. The first-order valence-electron chi connectivity index (χ1n) is 8.26. The molecule has 0 saturated heterocycles. The molecule has 0 unspecified atom stereocenters. The first-order chi connectivity index (χ1) is 11.6. The Labute approximate surface area is 155 Å². The zero-order valence-electron chi connectivity index (χ0n) is 15.1. The fourth-order valence-electron chi connectivity index (χ4n) is 2.58. The molecule has 1 aromatic heterocycles. The zero-order chi connectivity index (χ0) is 17.9. The van der Waals surface area contributed by atoms with E-state index in [2.05, 4.69) is 55.7 Å². The van der Waals surface area contributed by atoms with E-state index >= 15 is 0 Å². The molecule has 0 saturated carbocycles. The molecule has 132 valence electrons. The van der Waals surface area contributed by atoms with Gasteiger partial charge in [0.2, 0.25) is 0 Å². The van der Waals surface area contributed by atoms with Gasteiger partial charge in [-0.2, -0.15) is 0 Å². The molecule has 0 spiro atoms. The van der Waals surface area contributed by atoms with E-state index in [1.165, 1.54) is 10.6 Å². The molecule has 2 nitrogen and oxygen atoms in total. The summed E-state index contributed by atoms with van der Waals surface area (Å²) in [5, 5.41) is 10.9. The Hall–Kier alpha value is -1.16. The third-order valence-electron chi connectivity index (χ3n) is 3.83. The van der Waals surface area contributed by atoms with Crippen molar-refractivity contribution in [2.45, 2.75) is 52.3 Å². The molecule has 0 amide bonds. The van der Waals surface area contributed by atoms with Crippen LogP contribution in [-0.2, 0) is 13.2 Å². The van der Waals surface area contributed by atoms with Crippen LogP contribution in [0.25, 0.3) is 0 Å². The van der Waals surface area contributed by atoms with Gasteiger partial charge in [-0.1, -0.05) is 55.0 Å². The summed E-state index contributed by atoms with van der Waals surface area (Å²) in [6, 6.07) is 0. The van der Waals surface area contributed by atoms with Crippen LogP contribution >= 0.6 is 23.4 Å². The monoisotopic (exact) mass is 365 g/mol. The van der Waals surface area contributed by atoms with E-state index < -0.39 is 0 Å². The number of aromatic nitrogens is 1. The molecule has 24 heavy (non-hydrogen) atoms. The van der Waals surface area contributed by atoms with Gasteiger partial charge in [-0.25, -0.2) is 0 Å². The van der Waals surface area contributed by atoms with E-state index in [0.717, 1.165) is 35.5 Å². The molecule has 0 aliphatic carbocycles. The highest BCUT2D eigenvalue weighted by atomic mass is 35.5. The number of aliphatic hydroxyl groups is 1. The van der Waals surface area contributed by atoms with Crippen molar-refractivity contribution in [1.29, 1.82) is 0 Å². The zero-order valence-corrected chi connectivity index (χ0v) is 16.6. The molecule has 1 heterocycles. The van der Waals surface area contributed by atoms with Crippen LogP contribution in [0.1, 0.15) is 37.1 Å². The second kappa shape index (κ2) is 11.4. The van der Waals surface area contributed by atoms with Gasteiger partial charge in [0.25, 0.3) is 0 Å². The Kier molecular flexibility index (Phi) is 9.92. The largest absolute Gasteiger partial charge is 0.392 e. The Bertz CT molecular complexity index is 639. The van der Waals surface area contributed by atoms with Crippen molar-refractivity contribution < 1.29 is 5.11 Å². The van der Waals surface area contributed by atoms with Crippen LogP contribution in [0.15, 0.2) is 52.6 Å². The molecule has 1 aromatic rings. The molecule has 1 rings (SSSR count). The molecular formula is C20H28ClNOS. The smallest absolute Gasteiger partial charge is 0.0789 e. The Balaban J connectivity index is 3.23. The van der Waals surface area contributed by atoms with Gasteiger partial charge < -0.3 is 9.67 Å². The first kappa shape index (κ1) is 20.9. The fourth-order valence-corrected chi connectivity index (χ4v) is 3.82. The quantitative estimate of drug-likeness (QED) is 0.434. The summed E-state index contributed by atoms with van der Waals surface area (Å²) < 4.78 is 2.29. The lowest BCUT2D eigenvalue weighted by Gasteiger charge is -2.12. The van der Waals surface area contributed by atoms with Crippen LogP contribution < -0.4 is 0 Å². The maximum absolute atomic E-state index is 9.72. The minimum atomic E-state index is 0.0714. The van der Waals surface area contributed by atoms with Gasteiger partial charge in [-0.3, -0.25) is 0 Å². The number of aliphatic hydroxyl groups excluding tert-OH is 1. The Morgan fingerprint density at radius 3 is 2.62 bits per heavy atom. The second-order valence-electron chi connectivity index (χ2n) is 5.49. The molecule has 1 N–H and O–H groups in total. The van der Waals surface area contributed by atoms with E-state index in [9.17, 15) is 5.11 Å². The minimum absolute atomic E-state index is 0.0714. The third-order valence-corrected chi connectivity index (χ3v) is 5.16. The molecule has 0 atom stereocenters. The van der Waals surface area contributed by atoms with Crippen molar-refractivity contribution >= 4 is 23.4 Å². The van der Waals surface area contributed by atoms with Crippen LogP contribution in [0.5, 0.6) is 0 Å². The van der Waals surface area contributed by atoms with Crippen LogP contribution in [0, 0.1) is 13.8 Å². The van der Waals surface area contributed by atoms with Gasteiger partial charge in [-0.05, 0) is 38.3 Å². The molecule has 0 radical (unpaired) electrons. The average molecular weight is 366 g/mol. The summed E-state index contributed by atoms with van der Waals surface area (Å²) in [4.78, 5) is 0. The van der Waals surface area contributed by atoms with E-state index in [0.29, 0.717) is 0 Å². The van der Waals surface area contributed by atoms with E-state index in [4.69, 9.17) is 11.6 Å². The van der Waals surface area contributed by atoms with Gasteiger partial charge in [0.15, 0.2) is 0 Å². The van der Waals surface area contributed by atoms with E-state index in [1.807, 2.05) is 13.0 Å². The highest BCUT2D eigenvalue weighted by Crippen LogP contribution is 2.31. The van der Waals surface area contributed by atoms with Crippen molar-refractivity contribution in [2.75, 3.05) is 5.75 Å². The first-order valence-corrected chi connectivity index (χ1v) is 9.68. The van der Waals surface area contributed by atoms with Crippen molar-refractivity contribution in [3.05, 3.63) is 64.4 Å². The molecule has 0 aliphatic rings. The van der Waals surface area contributed by atoms with Crippen LogP contribution in [0.4, 0.5) is 0 Å². The number of allylic oxidation sites excluding steroid dienone is 6. The molecule has 0 aliphatic heterocycles. The van der Waals surface area contributed by atoms with Crippen LogP contribution in [-0.4, -0.2) is 15.4 Å². The van der Waals surface area contributed by atoms with Gasteiger partial charge >= 0.3 is 0 Å². The topological polar surface area (TPSA) is 25.2 Å². The SMILES string of the molecule is C\C=C/C(=C\C=C\CC)Cn1c(C)c(CO)c(C)c1SC/C=C/Cl. The fraction of sp³-hybridized carbons (Fsp3) is 0.400. The standard InChI is InChI=1S/C20H28ClNOS/c1-5-7-8-11-18(10-6-2)14-22-17(4)19(15-23)16(3)20(22)24-13-9-12-21/h6-12,23H,5,13-15H2,1-4H3/b8-7+,10-6-,12-9+,18-11+. The van der Waals surface area contributed by atoms with Gasteiger partial charge in [0, 0.05) is 29.1 Å². The van der Waals surface area contributed by atoms with Gasteiger partial charge in [0.1, 0.15) is 0 Å². The lowest BCUT2D eigenvalue weighted by atomic mass is 10.2. The predicted octanol–water partition coefficient (Wildman–Crippen LogP) is 5.91. The maximum atomic E-state index is 9.72. The molecule has 4 heteroatoms. The van der Waals surface area contributed by atoms with E-state index in [1.54, 1.807) is 17.3 Å². The van der Waals surface area contributed by atoms with Crippen molar-refractivity contribution in [1.82, 2.24) is 4.57 Å². The lowest BCUT2D eigenvalue weighted by molar-refractivity contribution is 0.280. The summed E-state index contributed by atoms with van der Waals surface area (Å²) >= 11 is 7.39. The summed E-state index contributed by atoms with van der Waals surface area (Å²) in [5.74, 6) is 0.817. The third kappa shape index (κ3) is 5.73. The normalized spacial score (nSPS) is 13.2. The van der Waals surface area contributed by atoms with Crippen molar-refractivity contribution in [3.63, 3.8) is 0 Å². The molecule has 0 aromatic carbocycles. The lowest BCUT2D eigenvalue weighted by Crippen LogP contribution is -2.04. The minimum Gasteiger partial charge on any atom is -0.392 e. The number of hydrogen-bond donors (Lipinski definition) is 1. The number of rotatable bonds is 9. The van der Waals surface area contributed by atoms with Crippen LogP contribution in [0.2, 0.25) is 0 Å². The summed E-state index contributed by atoms with van der Waals surface area (Å²) in [6.45, 7) is 9.18. The van der Waals surface area contributed by atoms with E-state index in [-0.39, 0.29) is 6.61 Å². The highest BCUT2D eigenvalue weighted by molar-refractivity contribution is 7.99. The Morgan fingerprint density at radius 2 is 2.04 bits per heavy atom. The molecular weight excluding hydrogens is 338 g/mol. The van der Waals surface area contributed by atoms with Crippen LogP contribution in [0.3, 0.4) is 0 Å².